The maximum Gasteiger partial charge on any atom is 0.0762 e. The summed E-state index contributed by atoms with van der Waals surface area (Å²) in [5.74, 6) is 0.395. The van der Waals surface area contributed by atoms with Crippen molar-refractivity contribution in [3.8, 4) is 0 Å². The van der Waals surface area contributed by atoms with Gasteiger partial charge in [0.05, 0.1) is 22.9 Å². The minimum atomic E-state index is -0.493. The third kappa shape index (κ3) is 3.41. The Kier molecular flexibility index (Phi) is 4.71. The van der Waals surface area contributed by atoms with Gasteiger partial charge in [0, 0.05) is 13.1 Å². The third-order valence-corrected chi connectivity index (χ3v) is 4.32. The maximum absolute atomic E-state index is 9.61. The molecule has 0 amide bonds. The summed E-state index contributed by atoms with van der Waals surface area (Å²) in [7, 11) is 0. The van der Waals surface area contributed by atoms with Crippen molar-refractivity contribution in [1.82, 2.24) is 0 Å². The molecule has 1 saturated heterocycles. The molecule has 1 heterocycles. The monoisotopic (exact) mass is 283 g/mol. The zero-order valence-electron chi connectivity index (χ0n) is 11.5. The van der Waals surface area contributed by atoms with Gasteiger partial charge < -0.3 is 15.1 Å². The van der Waals surface area contributed by atoms with Crippen LogP contribution in [0.5, 0.6) is 0 Å². The molecule has 3 nitrogen and oxygen atoms in total. The Labute approximate surface area is 119 Å². The van der Waals surface area contributed by atoms with E-state index in [4.69, 9.17) is 11.6 Å². The number of benzene rings is 1. The largest absolute Gasteiger partial charge is 0.393 e. The fourth-order valence-electron chi connectivity index (χ4n) is 2.66. The molecule has 1 aromatic rings. The highest BCUT2D eigenvalue weighted by atomic mass is 35.5. The lowest BCUT2D eigenvalue weighted by molar-refractivity contribution is 0.110. The molecule has 1 aliphatic rings. The van der Waals surface area contributed by atoms with Gasteiger partial charge in [-0.05, 0) is 50.3 Å². The molecule has 1 unspecified atom stereocenters. The molecule has 0 aliphatic carbocycles. The van der Waals surface area contributed by atoms with Crippen molar-refractivity contribution in [3.63, 3.8) is 0 Å². The minimum Gasteiger partial charge on any atom is -0.393 e. The van der Waals surface area contributed by atoms with Crippen LogP contribution in [0.15, 0.2) is 18.2 Å². The van der Waals surface area contributed by atoms with Crippen LogP contribution in [0.25, 0.3) is 0 Å². The third-order valence-electron chi connectivity index (χ3n) is 4.02. The molecular formula is C15H22ClNO2. The highest BCUT2D eigenvalue weighted by molar-refractivity contribution is 6.33. The maximum atomic E-state index is 9.61. The lowest BCUT2D eigenvalue weighted by Gasteiger charge is -2.35. The van der Waals surface area contributed by atoms with Crippen LogP contribution in [0.1, 0.15) is 38.4 Å². The van der Waals surface area contributed by atoms with Gasteiger partial charge in [-0.2, -0.15) is 0 Å². The van der Waals surface area contributed by atoms with E-state index in [9.17, 15) is 10.2 Å². The Hall–Kier alpha value is -0.770. The van der Waals surface area contributed by atoms with Crippen LogP contribution < -0.4 is 4.90 Å². The quantitative estimate of drug-likeness (QED) is 0.896. The van der Waals surface area contributed by atoms with Crippen molar-refractivity contribution < 1.29 is 10.2 Å². The van der Waals surface area contributed by atoms with Gasteiger partial charge in [-0.25, -0.2) is 0 Å². The lowest BCUT2D eigenvalue weighted by atomic mass is 9.92. The summed E-state index contributed by atoms with van der Waals surface area (Å²) in [6.45, 7) is 5.44. The van der Waals surface area contributed by atoms with E-state index in [2.05, 4.69) is 4.90 Å². The van der Waals surface area contributed by atoms with Gasteiger partial charge in [0.15, 0.2) is 0 Å². The molecule has 1 aliphatic heterocycles. The molecule has 1 aromatic carbocycles. The van der Waals surface area contributed by atoms with Crippen molar-refractivity contribution >= 4 is 17.3 Å². The number of aliphatic hydroxyl groups is 2. The van der Waals surface area contributed by atoms with Crippen molar-refractivity contribution in [1.29, 1.82) is 0 Å². The number of nitrogens with zero attached hydrogens (tertiary/aromatic N) is 1. The number of piperidine rings is 1. The molecule has 2 rings (SSSR count). The Bertz CT molecular complexity index is 426. The highest BCUT2D eigenvalue weighted by Gasteiger charge is 2.23. The summed E-state index contributed by atoms with van der Waals surface area (Å²) >= 11 is 6.30. The number of hydrogen-bond acceptors (Lipinski definition) is 3. The smallest absolute Gasteiger partial charge is 0.0762 e. The van der Waals surface area contributed by atoms with E-state index in [1.165, 1.54) is 0 Å². The lowest BCUT2D eigenvalue weighted by Crippen LogP contribution is -2.37. The molecule has 0 radical (unpaired) electrons. The van der Waals surface area contributed by atoms with Crippen LogP contribution in [0.4, 0.5) is 5.69 Å². The van der Waals surface area contributed by atoms with Crippen molar-refractivity contribution in [2.75, 3.05) is 18.0 Å². The van der Waals surface area contributed by atoms with Crippen LogP contribution in [-0.2, 0) is 0 Å². The van der Waals surface area contributed by atoms with Gasteiger partial charge in [-0.1, -0.05) is 17.7 Å². The average Bonchev–Trinajstić information content (AvgIpc) is 2.38. The van der Waals surface area contributed by atoms with E-state index in [1.54, 1.807) is 6.92 Å². The first-order chi connectivity index (χ1) is 8.99. The molecule has 0 saturated carbocycles. The fraction of sp³-hybridized carbons (Fsp3) is 0.600. The Balaban J connectivity index is 2.07. The normalized spacial score (nSPS) is 20.4. The summed E-state index contributed by atoms with van der Waals surface area (Å²) in [5.41, 5.74) is 1.86. The van der Waals surface area contributed by atoms with E-state index in [0.29, 0.717) is 10.9 Å². The second kappa shape index (κ2) is 6.12. The van der Waals surface area contributed by atoms with E-state index in [-0.39, 0.29) is 6.10 Å². The van der Waals surface area contributed by atoms with Crippen LogP contribution in [0.3, 0.4) is 0 Å². The van der Waals surface area contributed by atoms with Crippen molar-refractivity contribution in [2.24, 2.45) is 5.92 Å². The predicted molar refractivity (Wildman–Crippen MR) is 78.7 cm³/mol. The molecule has 1 fully saturated rings. The number of aliphatic hydroxyl groups excluding tert-OH is 2. The van der Waals surface area contributed by atoms with E-state index >= 15 is 0 Å². The van der Waals surface area contributed by atoms with E-state index < -0.39 is 6.10 Å². The van der Waals surface area contributed by atoms with Crippen LogP contribution in [0.2, 0.25) is 5.02 Å². The second-order valence-corrected chi connectivity index (χ2v) is 5.86. The first-order valence-corrected chi connectivity index (χ1v) is 7.27. The fourth-order valence-corrected chi connectivity index (χ4v) is 2.97. The van der Waals surface area contributed by atoms with Gasteiger partial charge in [0.25, 0.3) is 0 Å². The first-order valence-electron chi connectivity index (χ1n) is 6.89. The molecule has 0 aromatic heterocycles. The molecule has 0 spiro atoms. The number of halogens is 1. The number of anilines is 1. The standard InChI is InChI=1S/C15H22ClNO2/c1-10(18)12-5-7-17(8-6-12)15-4-3-13(11(2)19)9-14(15)16/h3-4,9-12,18-19H,5-8H2,1-2H3/t10?,11-/m1/s1. The number of hydrogen-bond donors (Lipinski definition) is 2. The van der Waals surface area contributed by atoms with Crippen LogP contribution >= 0.6 is 11.6 Å². The van der Waals surface area contributed by atoms with Gasteiger partial charge in [0.1, 0.15) is 0 Å². The van der Waals surface area contributed by atoms with Gasteiger partial charge in [0.2, 0.25) is 0 Å². The molecule has 2 atom stereocenters. The predicted octanol–water partition coefficient (Wildman–Crippen LogP) is 2.99. The minimum absolute atomic E-state index is 0.227. The van der Waals surface area contributed by atoms with Crippen molar-refractivity contribution in [2.45, 2.75) is 38.9 Å². The molecule has 4 heteroatoms. The molecule has 19 heavy (non-hydrogen) atoms. The SMILES string of the molecule is CC(O)C1CCN(c2ccc([C@@H](C)O)cc2Cl)CC1. The van der Waals surface area contributed by atoms with Gasteiger partial charge in [-0.3, -0.25) is 0 Å². The highest BCUT2D eigenvalue weighted by Crippen LogP contribution is 2.32. The molecular weight excluding hydrogens is 262 g/mol. The zero-order valence-corrected chi connectivity index (χ0v) is 12.3. The van der Waals surface area contributed by atoms with Crippen LogP contribution in [-0.4, -0.2) is 29.4 Å². The topological polar surface area (TPSA) is 43.7 Å². The molecule has 0 bridgehead atoms. The number of rotatable bonds is 3. The summed E-state index contributed by atoms with van der Waals surface area (Å²) in [6, 6.07) is 5.74. The second-order valence-electron chi connectivity index (χ2n) is 5.45. The zero-order chi connectivity index (χ0) is 14.0. The van der Waals surface area contributed by atoms with E-state index in [0.717, 1.165) is 37.2 Å². The first kappa shape index (κ1) is 14.6. The summed E-state index contributed by atoms with van der Waals surface area (Å²) in [4.78, 5) is 2.26. The van der Waals surface area contributed by atoms with Crippen LogP contribution in [0, 0.1) is 5.92 Å². The Morgan fingerprint density at radius 2 is 1.84 bits per heavy atom. The summed E-state index contributed by atoms with van der Waals surface area (Å²) in [5, 5.41) is 19.8. The molecule has 2 N–H and O–H groups in total. The van der Waals surface area contributed by atoms with Gasteiger partial charge >= 0.3 is 0 Å². The molecule has 106 valence electrons. The Morgan fingerprint density at radius 3 is 2.32 bits per heavy atom. The van der Waals surface area contributed by atoms with Crippen molar-refractivity contribution in [3.05, 3.63) is 28.8 Å². The summed E-state index contributed by atoms with van der Waals surface area (Å²) in [6.07, 6.45) is 1.26. The Morgan fingerprint density at radius 1 is 1.21 bits per heavy atom. The average molecular weight is 284 g/mol. The summed E-state index contributed by atoms with van der Waals surface area (Å²) < 4.78 is 0. The van der Waals surface area contributed by atoms with Gasteiger partial charge in [-0.15, -0.1) is 0 Å². The van der Waals surface area contributed by atoms with E-state index in [1.807, 2.05) is 25.1 Å².